The fraction of sp³-hybridized carbons (Fsp3) is 0.409. The van der Waals surface area contributed by atoms with Gasteiger partial charge in [0, 0.05) is 19.1 Å². The van der Waals surface area contributed by atoms with E-state index in [0.29, 0.717) is 29.8 Å². The van der Waals surface area contributed by atoms with Crippen LogP contribution in [0.3, 0.4) is 0 Å². The molecule has 1 unspecified atom stereocenters. The van der Waals surface area contributed by atoms with Gasteiger partial charge in [-0.1, -0.05) is 30.3 Å². The predicted octanol–water partition coefficient (Wildman–Crippen LogP) is 3.00. The number of nitrogens with zero attached hydrogens (tertiary/aromatic N) is 3. The summed E-state index contributed by atoms with van der Waals surface area (Å²) in [6.45, 7) is 1.89. The van der Waals surface area contributed by atoms with E-state index in [2.05, 4.69) is 10.2 Å². The Morgan fingerprint density at radius 1 is 1.17 bits per heavy atom. The number of rotatable bonds is 5. The summed E-state index contributed by atoms with van der Waals surface area (Å²) in [6.07, 6.45) is 3.99. The van der Waals surface area contributed by atoms with Crippen molar-refractivity contribution in [3.63, 3.8) is 0 Å². The molecule has 1 aliphatic heterocycles. The number of amides is 1. The lowest BCUT2D eigenvalue weighted by molar-refractivity contribution is -0.125. The molecule has 0 radical (unpaired) electrons. The topological polar surface area (TPSA) is 67.2 Å². The van der Waals surface area contributed by atoms with Gasteiger partial charge in [0.25, 0.3) is 5.56 Å². The second-order valence-corrected chi connectivity index (χ2v) is 8.91. The Balaban J connectivity index is 1.49. The molecule has 1 atom stereocenters. The van der Waals surface area contributed by atoms with Gasteiger partial charge in [-0.3, -0.25) is 14.2 Å². The number of fused-ring (bicyclic) bond motifs is 1. The van der Waals surface area contributed by atoms with Crippen LogP contribution in [0.25, 0.3) is 10.2 Å². The summed E-state index contributed by atoms with van der Waals surface area (Å²) in [4.78, 5) is 32.8. The highest BCUT2D eigenvalue weighted by Crippen LogP contribution is 2.26. The number of aromatic nitrogens is 2. The molecule has 7 heteroatoms. The molecule has 1 amide bonds. The number of carbonyl (C=O) groups excluding carboxylic acids is 1. The quantitative estimate of drug-likeness (QED) is 0.705. The first-order valence-electron chi connectivity index (χ1n) is 10.3. The highest BCUT2D eigenvalue weighted by atomic mass is 32.1. The highest BCUT2D eigenvalue weighted by molar-refractivity contribution is 7.17. The number of benzene rings is 1. The number of nitrogens with one attached hydrogen (secondary N) is 1. The molecule has 0 bridgehead atoms. The summed E-state index contributed by atoms with van der Waals surface area (Å²) in [7, 11) is 0. The van der Waals surface area contributed by atoms with E-state index in [4.69, 9.17) is 4.98 Å². The van der Waals surface area contributed by atoms with Gasteiger partial charge in [0.1, 0.15) is 4.70 Å². The van der Waals surface area contributed by atoms with Gasteiger partial charge in [0.05, 0.1) is 18.0 Å². The zero-order valence-electron chi connectivity index (χ0n) is 16.2. The average Bonchev–Trinajstić information content (AvgIpc) is 3.43. The molecule has 1 saturated carbocycles. The molecule has 0 spiro atoms. The number of hydrogen-bond acceptors (Lipinski definition) is 5. The molecule has 1 aliphatic carbocycles. The molecule has 6 nitrogen and oxygen atoms in total. The van der Waals surface area contributed by atoms with Gasteiger partial charge in [-0.2, -0.15) is 0 Å². The van der Waals surface area contributed by atoms with Gasteiger partial charge < -0.3 is 10.2 Å². The lowest BCUT2D eigenvalue weighted by atomic mass is 9.97. The minimum absolute atomic E-state index is 0.00610. The van der Waals surface area contributed by atoms with Crippen molar-refractivity contribution in [3.8, 4) is 0 Å². The molecule has 1 saturated heterocycles. The molecule has 5 rings (SSSR count). The summed E-state index contributed by atoms with van der Waals surface area (Å²) in [5, 5.41) is 5.05. The fourth-order valence-electron chi connectivity index (χ4n) is 4.00. The Hall–Kier alpha value is -2.67. The van der Waals surface area contributed by atoms with Crippen molar-refractivity contribution in [1.29, 1.82) is 0 Å². The third kappa shape index (κ3) is 3.79. The number of carbonyl (C=O) groups is 1. The van der Waals surface area contributed by atoms with Gasteiger partial charge in [0.15, 0.2) is 0 Å². The molecule has 1 N–H and O–H groups in total. The molecule has 2 aliphatic rings. The minimum atomic E-state index is -0.0513. The Bertz CT molecular complexity index is 1090. The van der Waals surface area contributed by atoms with E-state index >= 15 is 0 Å². The average molecular weight is 409 g/mol. The van der Waals surface area contributed by atoms with Gasteiger partial charge in [0.2, 0.25) is 11.9 Å². The Labute approximate surface area is 173 Å². The van der Waals surface area contributed by atoms with E-state index in [-0.39, 0.29) is 17.4 Å². The van der Waals surface area contributed by atoms with Crippen LogP contribution in [0.1, 0.15) is 31.2 Å². The minimum Gasteiger partial charge on any atom is -0.353 e. The number of piperidine rings is 1. The molecule has 29 heavy (non-hydrogen) atoms. The number of hydrogen-bond donors (Lipinski definition) is 1. The van der Waals surface area contributed by atoms with Crippen molar-refractivity contribution in [3.05, 3.63) is 57.7 Å². The second-order valence-electron chi connectivity index (χ2n) is 7.99. The summed E-state index contributed by atoms with van der Waals surface area (Å²) < 4.78 is 2.46. The highest BCUT2D eigenvalue weighted by Gasteiger charge is 2.32. The van der Waals surface area contributed by atoms with Gasteiger partial charge in [-0.15, -0.1) is 11.3 Å². The first kappa shape index (κ1) is 18.4. The van der Waals surface area contributed by atoms with Crippen LogP contribution in [0.5, 0.6) is 0 Å². The van der Waals surface area contributed by atoms with Gasteiger partial charge in [-0.25, -0.2) is 4.98 Å². The van der Waals surface area contributed by atoms with Crippen LogP contribution in [-0.4, -0.2) is 34.6 Å². The zero-order valence-corrected chi connectivity index (χ0v) is 17.0. The van der Waals surface area contributed by atoms with Crippen molar-refractivity contribution in [1.82, 2.24) is 14.9 Å². The van der Waals surface area contributed by atoms with Crippen molar-refractivity contribution in [2.45, 2.75) is 38.3 Å². The first-order valence-corrected chi connectivity index (χ1v) is 11.1. The van der Waals surface area contributed by atoms with Crippen LogP contribution < -0.4 is 15.8 Å². The van der Waals surface area contributed by atoms with Crippen LogP contribution in [0.4, 0.5) is 5.95 Å². The summed E-state index contributed by atoms with van der Waals surface area (Å²) in [6, 6.07) is 12.3. The maximum atomic E-state index is 13.3. The molecule has 2 fully saturated rings. The van der Waals surface area contributed by atoms with Crippen LogP contribution in [-0.2, 0) is 11.3 Å². The van der Waals surface area contributed by atoms with Crippen molar-refractivity contribution < 1.29 is 4.79 Å². The van der Waals surface area contributed by atoms with Crippen LogP contribution in [0.15, 0.2) is 46.6 Å². The van der Waals surface area contributed by atoms with Crippen molar-refractivity contribution in [2.75, 3.05) is 18.0 Å². The number of thiophene rings is 1. The van der Waals surface area contributed by atoms with E-state index in [0.717, 1.165) is 43.3 Å². The molecular formula is C22H24N4O2S. The molecule has 150 valence electrons. The molecule has 2 aromatic heterocycles. The fourth-order valence-corrected chi connectivity index (χ4v) is 4.78. The molecule has 3 heterocycles. The molecule has 1 aromatic carbocycles. The van der Waals surface area contributed by atoms with Crippen LogP contribution >= 0.6 is 11.3 Å². The molecule has 3 aromatic rings. The Kier molecular flexibility index (Phi) is 4.83. The van der Waals surface area contributed by atoms with Gasteiger partial charge >= 0.3 is 0 Å². The standard InChI is InChI=1S/C22H24N4O2S/c27-20(23-17-8-9-17)16-7-4-11-25(14-16)22-24-18-10-12-29-19(18)21(28)26(22)13-15-5-2-1-3-6-15/h1-3,5-6,10,12,16-17H,4,7-9,11,13-14H2,(H,23,27). The maximum Gasteiger partial charge on any atom is 0.273 e. The Morgan fingerprint density at radius 3 is 2.79 bits per heavy atom. The van der Waals surface area contributed by atoms with Crippen molar-refractivity contribution >= 4 is 33.4 Å². The SMILES string of the molecule is O=C(NC1CC1)C1CCCN(c2nc3ccsc3c(=O)n2Cc2ccccc2)C1. The van der Waals surface area contributed by atoms with E-state index in [1.165, 1.54) is 11.3 Å². The summed E-state index contributed by atoms with van der Waals surface area (Å²) in [5.41, 5.74) is 1.80. The van der Waals surface area contributed by atoms with E-state index in [9.17, 15) is 9.59 Å². The summed E-state index contributed by atoms with van der Waals surface area (Å²) >= 11 is 1.43. The third-order valence-corrected chi connectivity index (χ3v) is 6.62. The predicted molar refractivity (Wildman–Crippen MR) is 116 cm³/mol. The summed E-state index contributed by atoms with van der Waals surface area (Å²) in [5.74, 6) is 0.768. The lowest BCUT2D eigenvalue weighted by Crippen LogP contribution is -2.45. The van der Waals surface area contributed by atoms with Crippen LogP contribution in [0, 0.1) is 5.92 Å². The van der Waals surface area contributed by atoms with Crippen molar-refractivity contribution in [2.24, 2.45) is 5.92 Å². The maximum absolute atomic E-state index is 13.3. The van der Waals surface area contributed by atoms with E-state index in [1.54, 1.807) is 4.57 Å². The largest absolute Gasteiger partial charge is 0.353 e. The normalized spacial score (nSPS) is 19.4. The number of anilines is 1. The van der Waals surface area contributed by atoms with Gasteiger partial charge in [-0.05, 0) is 42.7 Å². The van der Waals surface area contributed by atoms with E-state index < -0.39 is 0 Å². The zero-order chi connectivity index (χ0) is 19.8. The smallest absolute Gasteiger partial charge is 0.273 e. The lowest BCUT2D eigenvalue weighted by Gasteiger charge is -2.34. The van der Waals surface area contributed by atoms with Crippen LogP contribution in [0.2, 0.25) is 0 Å². The van der Waals surface area contributed by atoms with E-state index in [1.807, 2.05) is 41.8 Å². The first-order chi connectivity index (χ1) is 14.2. The second kappa shape index (κ2) is 7.63. The monoisotopic (exact) mass is 408 g/mol. The Morgan fingerprint density at radius 2 is 2.00 bits per heavy atom. The molecular weight excluding hydrogens is 384 g/mol. The third-order valence-electron chi connectivity index (χ3n) is 5.73.